The lowest BCUT2D eigenvalue weighted by atomic mass is 10.2. The number of anilines is 1. The Morgan fingerprint density at radius 1 is 1.05 bits per heavy atom. The standard InChI is InChI=1S/C15H16N2O3S/c1-2-16-15(18)12-7-6-8-13(11-12)17-21(19,20)14-9-4-3-5-10-14/h3-11,17H,2H2,1H3,(H,16,18). The van der Waals surface area contributed by atoms with E-state index in [4.69, 9.17) is 0 Å². The Balaban J connectivity index is 2.24. The molecule has 2 rings (SSSR count). The first-order valence-corrected chi connectivity index (χ1v) is 7.97. The summed E-state index contributed by atoms with van der Waals surface area (Å²) in [6, 6.07) is 14.4. The molecule has 0 aliphatic carbocycles. The van der Waals surface area contributed by atoms with E-state index in [1.807, 2.05) is 6.92 Å². The van der Waals surface area contributed by atoms with Crippen molar-refractivity contribution >= 4 is 21.6 Å². The molecule has 0 fully saturated rings. The smallest absolute Gasteiger partial charge is 0.261 e. The van der Waals surface area contributed by atoms with Crippen molar-refractivity contribution in [2.45, 2.75) is 11.8 Å². The molecule has 1 amide bonds. The molecule has 110 valence electrons. The van der Waals surface area contributed by atoms with E-state index in [1.165, 1.54) is 18.2 Å². The Morgan fingerprint density at radius 2 is 1.76 bits per heavy atom. The van der Waals surface area contributed by atoms with Gasteiger partial charge in [-0.2, -0.15) is 0 Å². The summed E-state index contributed by atoms with van der Waals surface area (Å²) in [7, 11) is -3.65. The largest absolute Gasteiger partial charge is 0.352 e. The molecule has 2 N–H and O–H groups in total. The highest BCUT2D eigenvalue weighted by Gasteiger charge is 2.14. The van der Waals surface area contributed by atoms with Gasteiger partial charge in [-0.05, 0) is 37.3 Å². The van der Waals surface area contributed by atoms with Gasteiger partial charge in [-0.1, -0.05) is 24.3 Å². The Labute approximate surface area is 124 Å². The zero-order chi connectivity index (χ0) is 15.3. The predicted molar refractivity (Wildman–Crippen MR) is 81.7 cm³/mol. The van der Waals surface area contributed by atoms with Crippen molar-refractivity contribution in [3.63, 3.8) is 0 Å². The number of amides is 1. The molecule has 0 atom stereocenters. The van der Waals surface area contributed by atoms with Gasteiger partial charge in [-0.3, -0.25) is 9.52 Å². The first kappa shape index (κ1) is 15.1. The van der Waals surface area contributed by atoms with Crippen molar-refractivity contribution < 1.29 is 13.2 Å². The van der Waals surface area contributed by atoms with Crippen LogP contribution in [0.3, 0.4) is 0 Å². The lowest BCUT2D eigenvalue weighted by molar-refractivity contribution is 0.0956. The van der Waals surface area contributed by atoms with Crippen molar-refractivity contribution in [2.75, 3.05) is 11.3 Å². The van der Waals surface area contributed by atoms with Crippen LogP contribution in [0.25, 0.3) is 0 Å². The SMILES string of the molecule is CCNC(=O)c1cccc(NS(=O)(=O)c2ccccc2)c1. The van der Waals surface area contributed by atoms with Gasteiger partial charge in [0.15, 0.2) is 0 Å². The highest BCUT2D eigenvalue weighted by molar-refractivity contribution is 7.92. The molecule has 6 heteroatoms. The van der Waals surface area contributed by atoms with Gasteiger partial charge in [-0.15, -0.1) is 0 Å². The van der Waals surface area contributed by atoms with E-state index in [0.717, 1.165) is 0 Å². The Kier molecular flexibility index (Phi) is 4.59. The van der Waals surface area contributed by atoms with Crippen LogP contribution in [0.1, 0.15) is 17.3 Å². The normalized spacial score (nSPS) is 10.9. The van der Waals surface area contributed by atoms with Gasteiger partial charge in [0.1, 0.15) is 0 Å². The van der Waals surface area contributed by atoms with Crippen LogP contribution in [0, 0.1) is 0 Å². The molecular formula is C15H16N2O3S. The van der Waals surface area contributed by atoms with E-state index in [0.29, 0.717) is 17.8 Å². The molecule has 0 heterocycles. The molecule has 2 aromatic carbocycles. The molecule has 0 saturated heterocycles. The van der Waals surface area contributed by atoms with Crippen LogP contribution in [0.15, 0.2) is 59.5 Å². The number of hydrogen-bond donors (Lipinski definition) is 2. The highest BCUT2D eigenvalue weighted by Crippen LogP contribution is 2.17. The molecule has 0 aromatic heterocycles. The van der Waals surface area contributed by atoms with Crippen LogP contribution in [0.2, 0.25) is 0 Å². The van der Waals surface area contributed by atoms with E-state index in [9.17, 15) is 13.2 Å². The second kappa shape index (κ2) is 6.41. The van der Waals surface area contributed by atoms with Crippen molar-refractivity contribution in [3.05, 3.63) is 60.2 Å². The lowest BCUT2D eigenvalue weighted by Crippen LogP contribution is -2.22. The number of benzene rings is 2. The fourth-order valence-corrected chi connectivity index (χ4v) is 2.87. The molecule has 0 saturated carbocycles. The molecule has 5 nitrogen and oxygen atoms in total. The predicted octanol–water partition coefficient (Wildman–Crippen LogP) is 2.24. The maximum Gasteiger partial charge on any atom is 0.261 e. The first-order chi connectivity index (χ1) is 10.0. The summed E-state index contributed by atoms with van der Waals surface area (Å²) in [6.45, 7) is 2.33. The third-order valence-corrected chi connectivity index (χ3v) is 4.17. The maximum atomic E-state index is 12.2. The Morgan fingerprint density at radius 3 is 2.43 bits per heavy atom. The minimum atomic E-state index is -3.65. The summed E-state index contributed by atoms with van der Waals surface area (Å²) in [5, 5.41) is 2.67. The average molecular weight is 304 g/mol. The summed E-state index contributed by atoms with van der Waals surface area (Å²) >= 11 is 0. The monoisotopic (exact) mass is 304 g/mol. The first-order valence-electron chi connectivity index (χ1n) is 6.49. The summed E-state index contributed by atoms with van der Waals surface area (Å²) in [6.07, 6.45) is 0. The van der Waals surface area contributed by atoms with Gasteiger partial charge in [0.05, 0.1) is 4.90 Å². The quantitative estimate of drug-likeness (QED) is 0.889. The molecule has 0 radical (unpaired) electrons. The van der Waals surface area contributed by atoms with E-state index < -0.39 is 10.0 Å². The van der Waals surface area contributed by atoms with Crippen LogP contribution in [0.4, 0.5) is 5.69 Å². The molecule has 0 bridgehead atoms. The summed E-state index contributed by atoms with van der Waals surface area (Å²) in [5.41, 5.74) is 0.757. The van der Waals surface area contributed by atoms with Gasteiger partial charge >= 0.3 is 0 Å². The topological polar surface area (TPSA) is 75.3 Å². The zero-order valence-corrected chi connectivity index (χ0v) is 12.4. The highest BCUT2D eigenvalue weighted by atomic mass is 32.2. The second-order valence-electron chi connectivity index (χ2n) is 4.36. The van der Waals surface area contributed by atoms with Crippen LogP contribution in [-0.2, 0) is 10.0 Å². The third-order valence-electron chi connectivity index (χ3n) is 2.77. The average Bonchev–Trinajstić information content (AvgIpc) is 2.48. The number of hydrogen-bond acceptors (Lipinski definition) is 3. The van der Waals surface area contributed by atoms with Crippen molar-refractivity contribution in [2.24, 2.45) is 0 Å². The number of carbonyl (C=O) groups excluding carboxylic acids is 1. The molecule has 0 spiro atoms. The van der Waals surface area contributed by atoms with E-state index in [2.05, 4.69) is 10.0 Å². The number of sulfonamides is 1. The third kappa shape index (κ3) is 3.82. The Bertz CT molecular complexity index is 728. The van der Waals surface area contributed by atoms with Crippen molar-refractivity contribution in [3.8, 4) is 0 Å². The van der Waals surface area contributed by atoms with Gasteiger partial charge in [0.25, 0.3) is 15.9 Å². The van der Waals surface area contributed by atoms with Gasteiger partial charge in [0.2, 0.25) is 0 Å². The van der Waals surface area contributed by atoms with Gasteiger partial charge in [0, 0.05) is 17.8 Å². The molecule has 0 aliphatic heterocycles. The maximum absolute atomic E-state index is 12.2. The summed E-state index contributed by atoms with van der Waals surface area (Å²) in [5.74, 6) is -0.238. The fourth-order valence-electron chi connectivity index (χ4n) is 1.80. The van der Waals surface area contributed by atoms with Crippen LogP contribution < -0.4 is 10.0 Å². The molecule has 0 unspecified atom stereocenters. The van der Waals surface area contributed by atoms with Crippen LogP contribution in [0.5, 0.6) is 0 Å². The lowest BCUT2D eigenvalue weighted by Gasteiger charge is -2.09. The van der Waals surface area contributed by atoms with Gasteiger partial charge < -0.3 is 5.32 Å². The molecular weight excluding hydrogens is 288 g/mol. The summed E-state index contributed by atoms with van der Waals surface area (Å²) in [4.78, 5) is 11.9. The van der Waals surface area contributed by atoms with Crippen molar-refractivity contribution in [1.82, 2.24) is 5.32 Å². The number of nitrogens with one attached hydrogen (secondary N) is 2. The summed E-state index contributed by atoms with van der Waals surface area (Å²) < 4.78 is 26.9. The van der Waals surface area contributed by atoms with Crippen molar-refractivity contribution in [1.29, 1.82) is 0 Å². The van der Waals surface area contributed by atoms with Gasteiger partial charge in [-0.25, -0.2) is 8.42 Å². The zero-order valence-electron chi connectivity index (χ0n) is 11.5. The molecule has 0 aliphatic rings. The minimum Gasteiger partial charge on any atom is -0.352 e. The number of carbonyl (C=O) groups is 1. The van der Waals surface area contributed by atoms with Crippen LogP contribution >= 0.6 is 0 Å². The second-order valence-corrected chi connectivity index (χ2v) is 6.04. The Hall–Kier alpha value is -2.34. The number of rotatable bonds is 5. The van der Waals surface area contributed by atoms with E-state index in [1.54, 1.807) is 36.4 Å². The fraction of sp³-hybridized carbons (Fsp3) is 0.133. The van der Waals surface area contributed by atoms with E-state index >= 15 is 0 Å². The molecule has 21 heavy (non-hydrogen) atoms. The minimum absolute atomic E-state index is 0.174. The van der Waals surface area contributed by atoms with E-state index in [-0.39, 0.29) is 10.8 Å². The molecule has 2 aromatic rings. The van der Waals surface area contributed by atoms with Crippen LogP contribution in [-0.4, -0.2) is 20.9 Å².